The SMILES string of the molecule is O=C1O[C@H](Br)c2cc(Cl)cc(Cl)c21. The van der Waals surface area contributed by atoms with Crippen molar-refractivity contribution < 1.29 is 9.53 Å². The van der Waals surface area contributed by atoms with Crippen molar-refractivity contribution in [1.29, 1.82) is 0 Å². The smallest absolute Gasteiger partial charge is 0.341 e. The van der Waals surface area contributed by atoms with Gasteiger partial charge in [0.15, 0.2) is 5.01 Å². The molecule has 0 N–H and O–H groups in total. The summed E-state index contributed by atoms with van der Waals surface area (Å²) in [4.78, 5) is 11.2. The first-order chi connectivity index (χ1) is 6.09. The number of halogens is 3. The van der Waals surface area contributed by atoms with E-state index in [0.717, 1.165) is 0 Å². The van der Waals surface area contributed by atoms with Gasteiger partial charge in [-0.05, 0) is 28.1 Å². The Morgan fingerprint density at radius 1 is 1.38 bits per heavy atom. The van der Waals surface area contributed by atoms with E-state index < -0.39 is 11.0 Å². The van der Waals surface area contributed by atoms with Gasteiger partial charge in [0.05, 0.1) is 10.6 Å². The van der Waals surface area contributed by atoms with Gasteiger partial charge < -0.3 is 4.74 Å². The zero-order valence-corrected chi connectivity index (χ0v) is 9.28. The van der Waals surface area contributed by atoms with Crippen LogP contribution < -0.4 is 0 Å². The average Bonchev–Trinajstić information content (AvgIpc) is 2.27. The van der Waals surface area contributed by atoms with Gasteiger partial charge in [-0.25, -0.2) is 4.79 Å². The summed E-state index contributed by atoms with van der Waals surface area (Å²) >= 11 is 14.8. The Balaban J connectivity index is 2.69. The van der Waals surface area contributed by atoms with Crippen LogP contribution in [0.15, 0.2) is 12.1 Å². The van der Waals surface area contributed by atoms with Crippen molar-refractivity contribution in [3.05, 3.63) is 33.3 Å². The molecule has 0 saturated heterocycles. The highest BCUT2D eigenvalue weighted by atomic mass is 79.9. The van der Waals surface area contributed by atoms with Gasteiger partial charge >= 0.3 is 5.97 Å². The number of ether oxygens (including phenoxy) is 1. The Bertz CT molecular complexity index is 392. The Kier molecular flexibility index (Phi) is 2.26. The molecule has 0 amide bonds. The lowest BCUT2D eigenvalue weighted by molar-refractivity contribution is 0.0530. The van der Waals surface area contributed by atoms with Crippen molar-refractivity contribution in [2.75, 3.05) is 0 Å². The van der Waals surface area contributed by atoms with E-state index >= 15 is 0 Å². The molecule has 1 aromatic rings. The minimum Gasteiger partial charge on any atom is -0.442 e. The lowest BCUT2D eigenvalue weighted by Gasteiger charge is -2.00. The summed E-state index contributed by atoms with van der Waals surface area (Å²) in [6, 6.07) is 3.18. The number of esters is 1. The van der Waals surface area contributed by atoms with Crippen molar-refractivity contribution in [2.24, 2.45) is 0 Å². The van der Waals surface area contributed by atoms with E-state index in [1.165, 1.54) is 6.07 Å². The first-order valence-electron chi connectivity index (χ1n) is 3.43. The predicted molar refractivity (Wildman–Crippen MR) is 53.5 cm³/mol. The molecule has 5 heteroatoms. The number of fused-ring (bicyclic) bond motifs is 1. The number of hydrogen-bond acceptors (Lipinski definition) is 2. The zero-order valence-electron chi connectivity index (χ0n) is 6.18. The third-order valence-electron chi connectivity index (χ3n) is 1.74. The lowest BCUT2D eigenvalue weighted by atomic mass is 10.1. The summed E-state index contributed by atoms with van der Waals surface area (Å²) < 4.78 is 4.90. The summed E-state index contributed by atoms with van der Waals surface area (Å²) in [5.41, 5.74) is 1.08. The Labute approximate surface area is 92.9 Å². The molecular formula is C8H3BrCl2O2. The predicted octanol–water partition coefficient (Wildman–Crippen LogP) is 3.56. The molecule has 0 aromatic heterocycles. The maximum atomic E-state index is 11.2. The average molecular weight is 282 g/mol. The van der Waals surface area contributed by atoms with Gasteiger partial charge in [0.2, 0.25) is 0 Å². The van der Waals surface area contributed by atoms with Crippen LogP contribution in [0.3, 0.4) is 0 Å². The summed E-state index contributed by atoms with van der Waals surface area (Å²) in [5, 5.41) is 0.382. The number of cyclic esters (lactones) is 1. The second-order valence-corrected chi connectivity index (χ2v) is 4.25. The van der Waals surface area contributed by atoms with Crippen molar-refractivity contribution in [3.8, 4) is 0 Å². The van der Waals surface area contributed by atoms with Crippen LogP contribution >= 0.6 is 39.1 Å². The highest BCUT2D eigenvalue weighted by Gasteiger charge is 2.31. The highest BCUT2D eigenvalue weighted by molar-refractivity contribution is 9.09. The van der Waals surface area contributed by atoms with Crippen LogP contribution in [0.25, 0.3) is 0 Å². The molecule has 68 valence electrons. The van der Waals surface area contributed by atoms with Crippen LogP contribution in [0.2, 0.25) is 10.0 Å². The topological polar surface area (TPSA) is 26.3 Å². The molecule has 1 atom stereocenters. The fourth-order valence-corrected chi connectivity index (χ4v) is 2.32. The van der Waals surface area contributed by atoms with Crippen molar-refractivity contribution in [2.45, 2.75) is 5.01 Å². The fraction of sp³-hybridized carbons (Fsp3) is 0.125. The fourth-order valence-electron chi connectivity index (χ4n) is 1.20. The van der Waals surface area contributed by atoms with Crippen LogP contribution in [0.1, 0.15) is 20.9 Å². The lowest BCUT2D eigenvalue weighted by Crippen LogP contribution is -1.94. The van der Waals surface area contributed by atoms with Gasteiger partial charge in [0, 0.05) is 10.6 Å². The molecule has 0 radical (unpaired) electrons. The molecule has 0 saturated carbocycles. The summed E-state index contributed by atoms with van der Waals surface area (Å²) in [6.45, 7) is 0. The van der Waals surface area contributed by atoms with Gasteiger partial charge in [-0.15, -0.1) is 0 Å². The molecule has 13 heavy (non-hydrogen) atoms. The molecule has 0 unspecified atom stereocenters. The largest absolute Gasteiger partial charge is 0.442 e. The van der Waals surface area contributed by atoms with Crippen molar-refractivity contribution in [3.63, 3.8) is 0 Å². The minimum absolute atomic E-state index is 0.328. The second kappa shape index (κ2) is 3.15. The molecule has 0 spiro atoms. The van der Waals surface area contributed by atoms with Gasteiger partial charge in [0.1, 0.15) is 0 Å². The van der Waals surface area contributed by atoms with Gasteiger partial charge in [-0.2, -0.15) is 0 Å². The number of carbonyl (C=O) groups is 1. The maximum absolute atomic E-state index is 11.2. The molecule has 1 heterocycles. The van der Waals surface area contributed by atoms with Gasteiger partial charge in [0.25, 0.3) is 0 Å². The standard InChI is InChI=1S/C8H3BrCl2O2/c9-7-4-1-3(10)2-5(11)6(4)8(12)13-7/h1-2,7H/t7-/m0/s1. The van der Waals surface area contributed by atoms with E-state index in [1.54, 1.807) is 6.07 Å². The molecule has 1 aliphatic rings. The molecular weight excluding hydrogens is 279 g/mol. The first-order valence-corrected chi connectivity index (χ1v) is 5.11. The Morgan fingerprint density at radius 2 is 2.08 bits per heavy atom. The molecule has 2 rings (SSSR count). The molecule has 1 aliphatic heterocycles. The van der Waals surface area contributed by atoms with Gasteiger partial charge in [-0.1, -0.05) is 23.2 Å². The number of hydrogen-bond donors (Lipinski definition) is 0. The van der Waals surface area contributed by atoms with E-state index in [9.17, 15) is 4.79 Å². The number of benzene rings is 1. The van der Waals surface area contributed by atoms with Crippen LogP contribution in [-0.2, 0) is 4.74 Å². The first kappa shape index (κ1) is 9.31. The van der Waals surface area contributed by atoms with E-state index in [2.05, 4.69) is 15.9 Å². The monoisotopic (exact) mass is 280 g/mol. The Morgan fingerprint density at radius 3 is 2.77 bits per heavy atom. The maximum Gasteiger partial charge on any atom is 0.341 e. The van der Waals surface area contributed by atoms with E-state index in [4.69, 9.17) is 27.9 Å². The summed E-state index contributed by atoms with van der Waals surface area (Å²) in [6.07, 6.45) is 0. The highest BCUT2D eigenvalue weighted by Crippen LogP contribution is 2.40. The minimum atomic E-state index is -0.439. The van der Waals surface area contributed by atoms with E-state index in [0.29, 0.717) is 21.2 Å². The quantitative estimate of drug-likeness (QED) is 0.537. The van der Waals surface area contributed by atoms with E-state index in [-0.39, 0.29) is 0 Å². The zero-order chi connectivity index (χ0) is 9.59. The Hall–Kier alpha value is -0.250. The van der Waals surface area contributed by atoms with Gasteiger partial charge in [-0.3, -0.25) is 0 Å². The molecule has 0 fully saturated rings. The number of alkyl halides is 1. The van der Waals surface area contributed by atoms with Crippen LogP contribution in [0.4, 0.5) is 0 Å². The third kappa shape index (κ3) is 1.45. The summed E-state index contributed by atoms with van der Waals surface area (Å²) in [7, 11) is 0. The second-order valence-electron chi connectivity index (χ2n) is 2.57. The van der Waals surface area contributed by atoms with Crippen LogP contribution in [-0.4, -0.2) is 5.97 Å². The molecule has 0 aliphatic carbocycles. The van der Waals surface area contributed by atoms with Crippen molar-refractivity contribution in [1.82, 2.24) is 0 Å². The molecule has 2 nitrogen and oxygen atoms in total. The number of rotatable bonds is 0. The normalized spacial score (nSPS) is 19.9. The third-order valence-corrected chi connectivity index (χ3v) is 2.94. The van der Waals surface area contributed by atoms with Crippen LogP contribution in [0, 0.1) is 0 Å². The number of carbonyl (C=O) groups excluding carboxylic acids is 1. The molecule has 0 bridgehead atoms. The summed E-state index contributed by atoms with van der Waals surface area (Å²) in [5.74, 6) is -0.418. The van der Waals surface area contributed by atoms with Crippen molar-refractivity contribution >= 4 is 45.1 Å². The molecule has 1 aromatic carbocycles. The van der Waals surface area contributed by atoms with E-state index in [1.807, 2.05) is 0 Å². The van der Waals surface area contributed by atoms with Crippen LogP contribution in [0.5, 0.6) is 0 Å².